The van der Waals surface area contributed by atoms with E-state index in [1.165, 1.54) is 31.5 Å². The Balaban J connectivity index is 2.22. The Labute approximate surface area is 120 Å². The van der Waals surface area contributed by atoms with Gasteiger partial charge in [0.25, 0.3) is 10.0 Å². The first kappa shape index (κ1) is 15.0. The summed E-state index contributed by atoms with van der Waals surface area (Å²) in [4.78, 5) is 10.3. The van der Waals surface area contributed by atoms with Crippen molar-refractivity contribution in [1.82, 2.24) is 9.78 Å². The van der Waals surface area contributed by atoms with Crippen LogP contribution in [0.1, 0.15) is 5.56 Å². The highest BCUT2D eigenvalue weighted by atomic mass is 32.2. The Kier molecular flexibility index (Phi) is 3.94. The van der Waals surface area contributed by atoms with Crippen LogP contribution < -0.4 is 4.72 Å². The molecule has 0 saturated heterocycles. The highest BCUT2D eigenvalue weighted by Gasteiger charge is 2.16. The van der Waals surface area contributed by atoms with E-state index in [0.717, 1.165) is 10.7 Å². The first-order chi connectivity index (χ1) is 9.78. The van der Waals surface area contributed by atoms with Gasteiger partial charge in [-0.2, -0.15) is 5.10 Å². The van der Waals surface area contributed by atoms with Crippen LogP contribution in [0.5, 0.6) is 0 Å². The number of anilines is 1. The lowest BCUT2D eigenvalue weighted by Gasteiger charge is -2.06. The minimum Gasteiger partial charge on any atom is -0.480 e. The molecule has 0 fully saturated rings. The highest BCUT2D eigenvalue weighted by molar-refractivity contribution is 7.92. The van der Waals surface area contributed by atoms with E-state index >= 15 is 0 Å². The molecule has 0 atom stereocenters. The lowest BCUT2D eigenvalue weighted by atomic mass is 10.2. The number of benzene rings is 1. The van der Waals surface area contributed by atoms with Crippen LogP contribution in [-0.4, -0.2) is 29.3 Å². The number of aliphatic carboxylic acids is 1. The van der Waals surface area contributed by atoms with Crippen LogP contribution >= 0.6 is 0 Å². The number of carboxylic acid groups (broad SMARTS) is 1. The SMILES string of the molecule is Cc1ccc(S(=O)(=O)Nc2cnn(CC(=O)O)c2)cc1F. The van der Waals surface area contributed by atoms with Crippen LogP contribution in [0.2, 0.25) is 0 Å². The number of aryl methyl sites for hydroxylation is 1. The molecular formula is C12H12FN3O4S. The summed E-state index contributed by atoms with van der Waals surface area (Å²) < 4.78 is 40.8. The van der Waals surface area contributed by atoms with Crippen molar-refractivity contribution in [3.05, 3.63) is 42.0 Å². The van der Waals surface area contributed by atoms with E-state index in [-0.39, 0.29) is 17.1 Å². The van der Waals surface area contributed by atoms with Crippen molar-refractivity contribution < 1.29 is 22.7 Å². The molecule has 0 aliphatic rings. The van der Waals surface area contributed by atoms with Gasteiger partial charge in [0.1, 0.15) is 12.4 Å². The van der Waals surface area contributed by atoms with Crippen LogP contribution in [0.4, 0.5) is 10.1 Å². The Bertz CT molecular complexity index is 786. The number of sulfonamides is 1. The molecule has 1 aromatic heterocycles. The lowest BCUT2D eigenvalue weighted by Crippen LogP contribution is -2.13. The molecule has 2 N–H and O–H groups in total. The zero-order valence-corrected chi connectivity index (χ0v) is 11.8. The summed E-state index contributed by atoms with van der Waals surface area (Å²) in [6.45, 7) is 1.13. The fourth-order valence-corrected chi connectivity index (χ4v) is 2.64. The Morgan fingerprint density at radius 3 is 2.81 bits per heavy atom. The van der Waals surface area contributed by atoms with Gasteiger partial charge < -0.3 is 5.11 Å². The van der Waals surface area contributed by atoms with Gasteiger partial charge in [0.05, 0.1) is 16.8 Å². The molecule has 0 saturated carbocycles. The van der Waals surface area contributed by atoms with Crippen LogP contribution in [-0.2, 0) is 21.4 Å². The van der Waals surface area contributed by atoms with Gasteiger partial charge in [-0.25, -0.2) is 12.8 Å². The van der Waals surface area contributed by atoms with Gasteiger partial charge in [-0.3, -0.25) is 14.2 Å². The molecule has 0 amide bonds. The highest BCUT2D eigenvalue weighted by Crippen LogP contribution is 2.18. The van der Waals surface area contributed by atoms with Crippen molar-refractivity contribution in [2.24, 2.45) is 0 Å². The topological polar surface area (TPSA) is 101 Å². The second-order valence-corrected chi connectivity index (χ2v) is 6.02. The van der Waals surface area contributed by atoms with E-state index in [0.29, 0.717) is 5.56 Å². The first-order valence-electron chi connectivity index (χ1n) is 5.81. The van der Waals surface area contributed by atoms with Gasteiger partial charge in [0, 0.05) is 6.20 Å². The second kappa shape index (κ2) is 5.52. The van der Waals surface area contributed by atoms with E-state index in [1.807, 2.05) is 0 Å². The number of hydrogen-bond donors (Lipinski definition) is 2. The Hall–Kier alpha value is -2.42. The van der Waals surface area contributed by atoms with Crippen molar-refractivity contribution in [2.75, 3.05) is 4.72 Å². The standard InChI is InChI=1S/C12H12FN3O4S/c1-8-2-3-10(4-11(8)13)21(19,20)15-9-5-14-16(6-9)7-12(17)18/h2-6,15H,7H2,1H3,(H,17,18). The summed E-state index contributed by atoms with van der Waals surface area (Å²) in [7, 11) is -3.96. The minimum absolute atomic E-state index is 0.0947. The predicted octanol–water partition coefficient (Wildman–Crippen LogP) is 1.22. The van der Waals surface area contributed by atoms with Crippen LogP contribution in [0, 0.1) is 12.7 Å². The molecule has 0 aliphatic heterocycles. The van der Waals surface area contributed by atoms with Crippen molar-refractivity contribution in [3.63, 3.8) is 0 Å². The van der Waals surface area contributed by atoms with E-state index in [1.54, 1.807) is 0 Å². The van der Waals surface area contributed by atoms with E-state index in [2.05, 4.69) is 9.82 Å². The Morgan fingerprint density at radius 1 is 1.48 bits per heavy atom. The third kappa shape index (κ3) is 3.57. The maximum Gasteiger partial charge on any atom is 0.325 e. The van der Waals surface area contributed by atoms with Gasteiger partial charge in [0.2, 0.25) is 0 Å². The number of nitrogens with zero attached hydrogens (tertiary/aromatic N) is 2. The second-order valence-electron chi connectivity index (χ2n) is 4.34. The summed E-state index contributed by atoms with van der Waals surface area (Å²) in [6.07, 6.45) is 2.40. The van der Waals surface area contributed by atoms with Crippen LogP contribution in [0.25, 0.3) is 0 Å². The summed E-state index contributed by atoms with van der Waals surface area (Å²) in [5.74, 6) is -1.73. The quantitative estimate of drug-likeness (QED) is 0.864. The summed E-state index contributed by atoms with van der Waals surface area (Å²) in [6, 6.07) is 3.56. The molecule has 2 aromatic rings. The molecule has 0 unspecified atom stereocenters. The average molecular weight is 313 g/mol. The Morgan fingerprint density at radius 2 is 2.19 bits per heavy atom. The molecule has 112 valence electrons. The van der Waals surface area contributed by atoms with Crippen LogP contribution in [0.3, 0.4) is 0 Å². The van der Waals surface area contributed by atoms with E-state index in [4.69, 9.17) is 5.11 Å². The number of carboxylic acids is 1. The number of carbonyl (C=O) groups is 1. The maximum atomic E-state index is 13.4. The van der Waals surface area contributed by atoms with Gasteiger partial charge in [0.15, 0.2) is 0 Å². The van der Waals surface area contributed by atoms with Gasteiger partial charge in [-0.15, -0.1) is 0 Å². The maximum absolute atomic E-state index is 13.4. The molecule has 2 rings (SSSR count). The summed E-state index contributed by atoms with van der Waals surface area (Å²) in [5.41, 5.74) is 0.431. The first-order valence-corrected chi connectivity index (χ1v) is 7.29. The zero-order chi connectivity index (χ0) is 15.6. The average Bonchev–Trinajstić information content (AvgIpc) is 2.78. The molecule has 7 nitrogen and oxygen atoms in total. The largest absolute Gasteiger partial charge is 0.480 e. The van der Waals surface area contributed by atoms with Crippen molar-refractivity contribution in [3.8, 4) is 0 Å². The van der Waals surface area contributed by atoms with Crippen molar-refractivity contribution in [2.45, 2.75) is 18.4 Å². The minimum atomic E-state index is -3.96. The van der Waals surface area contributed by atoms with Gasteiger partial charge in [-0.05, 0) is 24.6 Å². The number of aromatic nitrogens is 2. The van der Waals surface area contributed by atoms with Crippen LogP contribution in [0.15, 0.2) is 35.5 Å². The molecule has 21 heavy (non-hydrogen) atoms. The smallest absolute Gasteiger partial charge is 0.325 e. The van der Waals surface area contributed by atoms with Gasteiger partial charge >= 0.3 is 5.97 Å². The summed E-state index contributed by atoms with van der Waals surface area (Å²) in [5, 5.41) is 12.3. The summed E-state index contributed by atoms with van der Waals surface area (Å²) >= 11 is 0. The molecule has 0 bridgehead atoms. The molecule has 0 spiro atoms. The molecule has 0 radical (unpaired) electrons. The normalized spacial score (nSPS) is 11.3. The predicted molar refractivity (Wildman–Crippen MR) is 71.8 cm³/mol. The number of rotatable bonds is 5. The zero-order valence-electron chi connectivity index (χ0n) is 10.9. The monoisotopic (exact) mass is 313 g/mol. The van der Waals surface area contributed by atoms with Gasteiger partial charge in [-0.1, -0.05) is 6.07 Å². The van der Waals surface area contributed by atoms with E-state index in [9.17, 15) is 17.6 Å². The molecular weight excluding hydrogens is 301 g/mol. The molecule has 9 heteroatoms. The molecule has 1 heterocycles. The molecule has 1 aromatic carbocycles. The van der Waals surface area contributed by atoms with Crippen molar-refractivity contribution >= 4 is 21.7 Å². The fourth-order valence-electron chi connectivity index (χ4n) is 1.60. The third-order valence-electron chi connectivity index (χ3n) is 2.64. The van der Waals surface area contributed by atoms with Crippen molar-refractivity contribution in [1.29, 1.82) is 0 Å². The number of halogens is 1. The fraction of sp³-hybridized carbons (Fsp3) is 0.167. The number of nitrogens with one attached hydrogen (secondary N) is 1. The lowest BCUT2D eigenvalue weighted by molar-refractivity contribution is -0.137. The third-order valence-corrected chi connectivity index (χ3v) is 4.02. The number of hydrogen-bond acceptors (Lipinski definition) is 4. The molecule has 0 aliphatic carbocycles. The van der Waals surface area contributed by atoms with E-state index < -0.39 is 21.8 Å².